The molecule has 2 aromatic carbocycles. The predicted molar refractivity (Wildman–Crippen MR) is 88.3 cm³/mol. The van der Waals surface area contributed by atoms with Crippen LogP contribution < -0.4 is 0 Å². The lowest BCUT2D eigenvalue weighted by Crippen LogP contribution is -2.37. The third-order valence-electron chi connectivity index (χ3n) is 4.39. The van der Waals surface area contributed by atoms with Gasteiger partial charge in [-0.3, -0.25) is 9.78 Å². The number of pyridine rings is 1. The van der Waals surface area contributed by atoms with Crippen LogP contribution in [0.5, 0.6) is 5.75 Å². The molecule has 0 aliphatic carbocycles. The van der Waals surface area contributed by atoms with Crippen molar-refractivity contribution in [3.8, 4) is 5.75 Å². The third kappa shape index (κ3) is 2.38. The van der Waals surface area contributed by atoms with E-state index in [9.17, 15) is 14.3 Å². The molecule has 24 heavy (non-hydrogen) atoms. The maximum Gasteiger partial charge on any atom is 0.258 e. The third-order valence-corrected chi connectivity index (χ3v) is 4.39. The topological polar surface area (TPSA) is 53.4 Å². The number of phenols is 1. The number of rotatable bonds is 2. The van der Waals surface area contributed by atoms with Gasteiger partial charge in [0.25, 0.3) is 5.91 Å². The Labute approximate surface area is 138 Å². The Morgan fingerprint density at radius 1 is 1.21 bits per heavy atom. The molecule has 0 unspecified atom stereocenters. The van der Waals surface area contributed by atoms with Gasteiger partial charge in [0, 0.05) is 24.7 Å². The first kappa shape index (κ1) is 14.6. The van der Waals surface area contributed by atoms with Gasteiger partial charge in [-0.2, -0.15) is 0 Å². The number of fused-ring (bicyclic) bond motifs is 2. The van der Waals surface area contributed by atoms with E-state index in [0.29, 0.717) is 30.6 Å². The zero-order valence-electron chi connectivity index (χ0n) is 12.9. The van der Waals surface area contributed by atoms with Crippen molar-refractivity contribution in [2.75, 3.05) is 6.54 Å². The highest BCUT2D eigenvalue weighted by Gasteiger charge is 2.29. The molecule has 5 heteroatoms. The van der Waals surface area contributed by atoms with Gasteiger partial charge in [-0.1, -0.05) is 18.2 Å². The number of amides is 1. The second kappa shape index (κ2) is 5.60. The molecule has 4 rings (SSSR count). The van der Waals surface area contributed by atoms with Gasteiger partial charge in [0.1, 0.15) is 11.3 Å². The van der Waals surface area contributed by atoms with E-state index in [1.165, 1.54) is 12.1 Å². The van der Waals surface area contributed by atoms with Gasteiger partial charge in [-0.15, -0.1) is 0 Å². The molecule has 1 aromatic heterocycles. The summed E-state index contributed by atoms with van der Waals surface area (Å²) < 4.78 is 13.0. The molecule has 3 aromatic rings. The van der Waals surface area contributed by atoms with Crippen molar-refractivity contribution in [1.29, 1.82) is 0 Å². The Bertz CT molecular complexity index is 938. The van der Waals surface area contributed by atoms with Crippen molar-refractivity contribution in [2.45, 2.75) is 13.0 Å². The molecule has 1 aliphatic heterocycles. The minimum absolute atomic E-state index is 0.0584. The number of carbonyl (C=O) groups excluding carboxylic acids is 1. The van der Waals surface area contributed by atoms with Crippen molar-refractivity contribution >= 4 is 16.8 Å². The minimum Gasteiger partial charge on any atom is -0.505 e. The molecule has 1 aliphatic rings. The Hall–Kier alpha value is -2.95. The van der Waals surface area contributed by atoms with Crippen LogP contribution in [0.1, 0.15) is 21.5 Å². The number of benzene rings is 2. The standard InChI is InChI=1S/C19H15FN2O2/c20-15-5-3-12(4-6-15)11-22-9-7-13-10-14-2-1-8-21-17(14)18(23)16(13)19(22)24/h1-6,8,10,23H,7,9,11H2. The summed E-state index contributed by atoms with van der Waals surface area (Å²) in [7, 11) is 0. The number of halogens is 1. The van der Waals surface area contributed by atoms with Crippen LogP contribution in [0.25, 0.3) is 10.9 Å². The molecular formula is C19H15FN2O2. The molecule has 0 spiro atoms. The normalized spacial score (nSPS) is 14.0. The molecule has 0 fully saturated rings. The van der Waals surface area contributed by atoms with Gasteiger partial charge in [-0.25, -0.2) is 4.39 Å². The van der Waals surface area contributed by atoms with Crippen molar-refractivity contribution in [3.63, 3.8) is 0 Å². The van der Waals surface area contributed by atoms with Crippen LogP contribution in [-0.4, -0.2) is 27.4 Å². The summed E-state index contributed by atoms with van der Waals surface area (Å²) in [6, 6.07) is 11.7. The largest absolute Gasteiger partial charge is 0.505 e. The highest BCUT2D eigenvalue weighted by Crippen LogP contribution is 2.34. The van der Waals surface area contributed by atoms with Crippen molar-refractivity contribution in [1.82, 2.24) is 9.88 Å². The first-order chi connectivity index (χ1) is 11.6. The Balaban J connectivity index is 1.71. The number of nitrogens with zero attached hydrogens (tertiary/aromatic N) is 2. The second-order valence-corrected chi connectivity index (χ2v) is 5.94. The summed E-state index contributed by atoms with van der Waals surface area (Å²) in [6.45, 7) is 0.951. The van der Waals surface area contributed by atoms with E-state index >= 15 is 0 Å². The molecular weight excluding hydrogens is 307 g/mol. The molecule has 2 heterocycles. The van der Waals surface area contributed by atoms with Gasteiger partial charge in [0.15, 0.2) is 5.75 Å². The average molecular weight is 322 g/mol. The zero-order valence-corrected chi connectivity index (χ0v) is 12.9. The average Bonchev–Trinajstić information content (AvgIpc) is 2.59. The van der Waals surface area contributed by atoms with Crippen LogP contribution in [-0.2, 0) is 13.0 Å². The Kier molecular flexibility index (Phi) is 3.41. The molecule has 1 amide bonds. The molecule has 0 atom stereocenters. The van der Waals surface area contributed by atoms with Gasteiger partial charge in [0.2, 0.25) is 0 Å². The fourth-order valence-corrected chi connectivity index (χ4v) is 3.17. The summed E-state index contributed by atoms with van der Waals surface area (Å²) in [5.41, 5.74) is 2.46. The highest BCUT2D eigenvalue weighted by atomic mass is 19.1. The molecule has 0 bridgehead atoms. The maximum absolute atomic E-state index is 13.0. The lowest BCUT2D eigenvalue weighted by Gasteiger charge is -2.29. The number of carbonyl (C=O) groups is 1. The zero-order chi connectivity index (χ0) is 16.7. The molecule has 0 saturated heterocycles. The quantitative estimate of drug-likeness (QED) is 0.788. The highest BCUT2D eigenvalue weighted by molar-refractivity contribution is 6.04. The van der Waals surface area contributed by atoms with Crippen LogP contribution in [0.15, 0.2) is 48.7 Å². The molecule has 0 saturated carbocycles. The fraction of sp³-hybridized carbons (Fsp3) is 0.158. The number of hydrogen-bond acceptors (Lipinski definition) is 3. The van der Waals surface area contributed by atoms with E-state index in [4.69, 9.17) is 0 Å². The lowest BCUT2D eigenvalue weighted by molar-refractivity contribution is 0.0724. The first-order valence-corrected chi connectivity index (χ1v) is 7.77. The van der Waals surface area contributed by atoms with Gasteiger partial charge in [-0.05, 0) is 41.8 Å². The van der Waals surface area contributed by atoms with E-state index in [1.807, 2.05) is 12.1 Å². The van der Waals surface area contributed by atoms with E-state index in [0.717, 1.165) is 16.5 Å². The molecule has 1 N–H and O–H groups in total. The van der Waals surface area contributed by atoms with Crippen LogP contribution in [0.3, 0.4) is 0 Å². The summed E-state index contributed by atoms with van der Waals surface area (Å²) in [4.78, 5) is 18.7. The van der Waals surface area contributed by atoms with Crippen molar-refractivity contribution in [2.24, 2.45) is 0 Å². The minimum atomic E-state index is -0.302. The fourth-order valence-electron chi connectivity index (χ4n) is 3.17. The van der Waals surface area contributed by atoms with Gasteiger partial charge >= 0.3 is 0 Å². The molecule has 120 valence electrons. The number of hydrogen-bond donors (Lipinski definition) is 1. The monoisotopic (exact) mass is 322 g/mol. The van der Waals surface area contributed by atoms with Gasteiger partial charge < -0.3 is 10.0 Å². The van der Waals surface area contributed by atoms with Crippen molar-refractivity contribution < 1.29 is 14.3 Å². The Morgan fingerprint density at radius 2 is 2.00 bits per heavy atom. The summed E-state index contributed by atoms with van der Waals surface area (Å²) in [5, 5.41) is 11.4. The van der Waals surface area contributed by atoms with Crippen LogP contribution in [0.4, 0.5) is 4.39 Å². The smallest absolute Gasteiger partial charge is 0.258 e. The van der Waals surface area contributed by atoms with E-state index < -0.39 is 0 Å². The van der Waals surface area contributed by atoms with Crippen molar-refractivity contribution in [3.05, 3.63) is 71.2 Å². The molecule has 0 radical (unpaired) electrons. The van der Waals surface area contributed by atoms with Gasteiger partial charge in [0.05, 0.1) is 5.56 Å². The van der Waals surface area contributed by atoms with E-state index in [2.05, 4.69) is 4.98 Å². The Morgan fingerprint density at radius 3 is 2.79 bits per heavy atom. The van der Waals surface area contributed by atoms with E-state index in [1.54, 1.807) is 29.3 Å². The lowest BCUT2D eigenvalue weighted by atomic mass is 9.95. The van der Waals surface area contributed by atoms with Crippen LogP contribution in [0.2, 0.25) is 0 Å². The SMILES string of the molecule is O=C1c2c(cc3cccnc3c2O)CCN1Cc1ccc(F)cc1. The number of aromatic nitrogens is 1. The number of phenolic OH excluding ortho intramolecular Hbond substituents is 1. The summed E-state index contributed by atoms with van der Waals surface area (Å²) >= 11 is 0. The van der Waals surface area contributed by atoms with Crippen LogP contribution in [0, 0.1) is 5.82 Å². The van der Waals surface area contributed by atoms with Crippen LogP contribution >= 0.6 is 0 Å². The summed E-state index contributed by atoms with van der Waals surface area (Å²) in [6.07, 6.45) is 2.26. The first-order valence-electron chi connectivity index (χ1n) is 7.77. The maximum atomic E-state index is 13.0. The number of aromatic hydroxyl groups is 1. The molecule has 4 nitrogen and oxygen atoms in total. The second-order valence-electron chi connectivity index (χ2n) is 5.94. The predicted octanol–water partition coefficient (Wildman–Crippen LogP) is 3.28. The summed E-state index contributed by atoms with van der Waals surface area (Å²) in [5.74, 6) is -0.577. The van der Waals surface area contributed by atoms with E-state index in [-0.39, 0.29) is 17.5 Å².